The molecule has 0 fully saturated rings. The highest BCUT2D eigenvalue weighted by Gasteiger charge is 2.42. The minimum Gasteiger partial charge on any atom is -0.493 e. The number of carboxylic acid groups (broad SMARTS) is 1. The molecule has 0 aliphatic carbocycles. The minimum absolute atomic E-state index is 0.107. The first-order valence-corrected chi connectivity index (χ1v) is 11.5. The van der Waals surface area contributed by atoms with E-state index in [-0.39, 0.29) is 28.3 Å². The van der Waals surface area contributed by atoms with E-state index in [4.69, 9.17) is 26.2 Å². The average Bonchev–Trinajstić information content (AvgIpc) is 3.06. The molecule has 0 saturated carbocycles. The molecule has 1 N–H and O–H groups in total. The molecule has 1 aliphatic heterocycles. The number of ether oxygens (including phenoxy) is 2. The first-order valence-electron chi connectivity index (χ1n) is 11.1. The molecule has 34 heavy (non-hydrogen) atoms. The highest BCUT2D eigenvalue weighted by molar-refractivity contribution is 6.42. The number of fused-ring (bicyclic) bond motifs is 3. The largest absolute Gasteiger partial charge is 0.493 e. The third-order valence-electron chi connectivity index (χ3n) is 5.46. The van der Waals surface area contributed by atoms with Crippen LogP contribution in [0.2, 0.25) is 5.02 Å². The molecule has 3 aromatic rings. The molecular formula is C26H24ClNO6. The maximum absolute atomic E-state index is 13.7. The van der Waals surface area contributed by atoms with Crippen LogP contribution in [-0.4, -0.2) is 36.1 Å². The summed E-state index contributed by atoms with van der Waals surface area (Å²) in [5.74, 6) is -1.24. The number of carboxylic acids is 1. The van der Waals surface area contributed by atoms with Crippen LogP contribution in [0.5, 0.6) is 11.5 Å². The summed E-state index contributed by atoms with van der Waals surface area (Å²) in [6.07, 6.45) is 1.29. The van der Waals surface area contributed by atoms with Gasteiger partial charge in [0.05, 0.1) is 41.5 Å². The Morgan fingerprint density at radius 2 is 1.62 bits per heavy atom. The monoisotopic (exact) mass is 481 g/mol. The summed E-state index contributed by atoms with van der Waals surface area (Å²) < 4.78 is 11.8. The summed E-state index contributed by atoms with van der Waals surface area (Å²) in [4.78, 5) is 39.4. The highest BCUT2D eigenvalue weighted by Crippen LogP contribution is 2.43. The number of halogens is 1. The van der Waals surface area contributed by atoms with Crippen LogP contribution in [0, 0.1) is 0 Å². The van der Waals surface area contributed by atoms with Crippen molar-refractivity contribution in [1.29, 1.82) is 0 Å². The fourth-order valence-corrected chi connectivity index (χ4v) is 4.32. The Morgan fingerprint density at radius 1 is 0.941 bits per heavy atom. The number of aliphatic carboxylic acids is 1. The molecule has 3 aromatic carbocycles. The van der Waals surface area contributed by atoms with Crippen molar-refractivity contribution in [3.05, 3.63) is 64.2 Å². The molecular weight excluding hydrogens is 458 g/mol. The zero-order valence-corrected chi connectivity index (χ0v) is 19.6. The number of hydrogen-bond donors (Lipinski definition) is 1. The van der Waals surface area contributed by atoms with E-state index in [0.717, 1.165) is 23.1 Å². The van der Waals surface area contributed by atoms with E-state index in [1.165, 1.54) is 12.1 Å². The molecule has 0 unspecified atom stereocenters. The lowest BCUT2D eigenvalue weighted by Crippen LogP contribution is -2.29. The Hall–Kier alpha value is -3.58. The van der Waals surface area contributed by atoms with Crippen LogP contribution in [0.25, 0.3) is 10.8 Å². The number of carbonyl (C=O) groups is 3. The summed E-state index contributed by atoms with van der Waals surface area (Å²) in [7, 11) is 0. The summed E-state index contributed by atoms with van der Waals surface area (Å²) in [6, 6.07) is 11.7. The summed E-state index contributed by atoms with van der Waals surface area (Å²) in [5.41, 5.74) is 1.03. The van der Waals surface area contributed by atoms with E-state index < -0.39 is 17.8 Å². The molecule has 1 heterocycles. The predicted octanol–water partition coefficient (Wildman–Crippen LogP) is 5.50. The number of imide groups is 1. The number of anilines is 1. The normalized spacial score (nSPS) is 12.9. The van der Waals surface area contributed by atoms with Crippen molar-refractivity contribution >= 4 is 45.8 Å². The lowest BCUT2D eigenvalue weighted by molar-refractivity contribution is -0.136. The zero-order chi connectivity index (χ0) is 24.4. The van der Waals surface area contributed by atoms with Gasteiger partial charge >= 0.3 is 5.97 Å². The number of hydrogen-bond acceptors (Lipinski definition) is 5. The van der Waals surface area contributed by atoms with Crippen LogP contribution < -0.4 is 14.4 Å². The standard InChI is InChI=1S/C26H24ClNO6/c1-3-10-33-19-7-5-6-16-14-20(34-11-4-2)23-24(22(16)19)26(32)28(25(23)31)18-9-8-15(12-17(18)27)13-21(29)30/h5-9,12,14H,3-4,10-11,13H2,1-2H3,(H,29,30). The van der Waals surface area contributed by atoms with Crippen LogP contribution in [0.4, 0.5) is 5.69 Å². The van der Waals surface area contributed by atoms with Crippen molar-refractivity contribution in [3.63, 3.8) is 0 Å². The van der Waals surface area contributed by atoms with Crippen molar-refractivity contribution in [2.45, 2.75) is 33.1 Å². The van der Waals surface area contributed by atoms with Crippen molar-refractivity contribution in [2.75, 3.05) is 18.1 Å². The lowest BCUT2D eigenvalue weighted by Gasteiger charge is -2.16. The van der Waals surface area contributed by atoms with Gasteiger partial charge in [-0.25, -0.2) is 4.90 Å². The Morgan fingerprint density at radius 3 is 2.26 bits per heavy atom. The van der Waals surface area contributed by atoms with Gasteiger partial charge in [0.2, 0.25) is 0 Å². The molecule has 0 atom stereocenters. The van der Waals surface area contributed by atoms with Gasteiger partial charge in [-0.2, -0.15) is 0 Å². The van der Waals surface area contributed by atoms with Gasteiger partial charge in [0, 0.05) is 5.39 Å². The third kappa shape index (κ3) is 4.19. The molecule has 0 aromatic heterocycles. The highest BCUT2D eigenvalue weighted by atomic mass is 35.5. The third-order valence-corrected chi connectivity index (χ3v) is 5.76. The van der Waals surface area contributed by atoms with E-state index in [1.54, 1.807) is 18.2 Å². The molecule has 1 aliphatic rings. The van der Waals surface area contributed by atoms with Crippen LogP contribution >= 0.6 is 11.6 Å². The van der Waals surface area contributed by atoms with E-state index in [1.807, 2.05) is 26.0 Å². The summed E-state index contributed by atoms with van der Waals surface area (Å²) >= 11 is 6.41. The van der Waals surface area contributed by atoms with Crippen molar-refractivity contribution in [2.24, 2.45) is 0 Å². The van der Waals surface area contributed by atoms with Crippen molar-refractivity contribution in [3.8, 4) is 11.5 Å². The second-order valence-corrected chi connectivity index (χ2v) is 8.39. The Labute approximate surface area is 201 Å². The first-order chi connectivity index (χ1) is 16.4. The molecule has 8 heteroatoms. The van der Waals surface area contributed by atoms with Gasteiger partial charge in [-0.3, -0.25) is 14.4 Å². The van der Waals surface area contributed by atoms with Gasteiger partial charge < -0.3 is 14.6 Å². The van der Waals surface area contributed by atoms with Crippen LogP contribution in [0.15, 0.2) is 42.5 Å². The molecule has 0 saturated heterocycles. The number of rotatable bonds is 9. The van der Waals surface area contributed by atoms with E-state index in [2.05, 4.69) is 0 Å². The summed E-state index contributed by atoms with van der Waals surface area (Å²) in [5, 5.41) is 10.4. The van der Waals surface area contributed by atoms with E-state index >= 15 is 0 Å². The maximum atomic E-state index is 13.7. The van der Waals surface area contributed by atoms with Crippen LogP contribution in [-0.2, 0) is 11.2 Å². The van der Waals surface area contributed by atoms with Gasteiger partial charge in [-0.1, -0.05) is 43.6 Å². The Balaban J connectivity index is 1.89. The van der Waals surface area contributed by atoms with E-state index in [0.29, 0.717) is 35.7 Å². The second-order valence-electron chi connectivity index (χ2n) is 7.98. The molecule has 2 amide bonds. The lowest BCUT2D eigenvalue weighted by atomic mass is 9.98. The second kappa shape index (κ2) is 9.73. The number of carbonyl (C=O) groups excluding carboxylic acids is 2. The van der Waals surface area contributed by atoms with Crippen LogP contribution in [0.3, 0.4) is 0 Å². The smallest absolute Gasteiger partial charge is 0.307 e. The van der Waals surface area contributed by atoms with Crippen molar-refractivity contribution < 1.29 is 29.0 Å². The first kappa shape index (κ1) is 23.6. The van der Waals surface area contributed by atoms with Gasteiger partial charge in [-0.15, -0.1) is 0 Å². The molecule has 0 radical (unpaired) electrons. The molecule has 176 valence electrons. The van der Waals surface area contributed by atoms with Gasteiger partial charge in [-0.05, 0) is 48.1 Å². The predicted molar refractivity (Wildman–Crippen MR) is 129 cm³/mol. The number of amides is 2. The zero-order valence-electron chi connectivity index (χ0n) is 18.9. The number of benzene rings is 3. The fraction of sp³-hybridized carbons (Fsp3) is 0.269. The molecule has 7 nitrogen and oxygen atoms in total. The molecule has 0 spiro atoms. The van der Waals surface area contributed by atoms with Gasteiger partial charge in [0.25, 0.3) is 11.8 Å². The van der Waals surface area contributed by atoms with Gasteiger partial charge in [0.1, 0.15) is 11.5 Å². The summed E-state index contributed by atoms with van der Waals surface area (Å²) in [6.45, 7) is 4.79. The van der Waals surface area contributed by atoms with Crippen LogP contribution in [0.1, 0.15) is 53.0 Å². The molecule has 0 bridgehead atoms. The number of nitrogens with zero attached hydrogens (tertiary/aromatic N) is 1. The molecule has 4 rings (SSSR count). The SMILES string of the molecule is CCCOc1cc2cccc(OCCC)c2c2c1C(=O)N(c1ccc(CC(=O)O)cc1Cl)C2=O. The topological polar surface area (TPSA) is 93.1 Å². The minimum atomic E-state index is -1.01. The average molecular weight is 482 g/mol. The quantitative estimate of drug-likeness (QED) is 0.406. The Kier molecular flexibility index (Phi) is 6.75. The van der Waals surface area contributed by atoms with Gasteiger partial charge in [0.15, 0.2) is 0 Å². The van der Waals surface area contributed by atoms with E-state index in [9.17, 15) is 14.4 Å². The Bertz CT molecular complexity index is 1300. The maximum Gasteiger partial charge on any atom is 0.307 e. The van der Waals surface area contributed by atoms with Crippen molar-refractivity contribution in [1.82, 2.24) is 0 Å². The fourth-order valence-electron chi connectivity index (χ4n) is 4.03.